The van der Waals surface area contributed by atoms with Gasteiger partial charge in [0.25, 0.3) is 0 Å². The van der Waals surface area contributed by atoms with Crippen LogP contribution in [0.5, 0.6) is 5.75 Å². The van der Waals surface area contributed by atoms with Gasteiger partial charge in [-0.05, 0) is 30.3 Å². The van der Waals surface area contributed by atoms with E-state index in [1.807, 2.05) is 0 Å². The van der Waals surface area contributed by atoms with Gasteiger partial charge < -0.3 is 54.7 Å². The molecule has 35 heavy (non-hydrogen) atoms. The second-order valence-electron chi connectivity index (χ2n) is 8.74. The molecule has 12 nitrogen and oxygen atoms in total. The normalized spacial score (nSPS) is 42.8. The molecule has 1 aliphatic carbocycles. The van der Waals surface area contributed by atoms with Crippen molar-refractivity contribution in [3.05, 3.63) is 42.2 Å². The third-order valence-corrected chi connectivity index (χ3v) is 7.29. The second kappa shape index (κ2) is 10.2. The molecule has 3 aliphatic rings. The summed E-state index contributed by atoms with van der Waals surface area (Å²) in [7, 11) is 0. The van der Waals surface area contributed by atoms with E-state index in [-0.39, 0.29) is 11.3 Å². The molecule has 11 unspecified atom stereocenters. The summed E-state index contributed by atoms with van der Waals surface area (Å²) in [4.78, 5) is 12.7. The molecular formula is C22H27ClO12. The van der Waals surface area contributed by atoms with Crippen molar-refractivity contribution in [2.75, 3.05) is 13.2 Å². The minimum absolute atomic E-state index is 0.0482. The summed E-state index contributed by atoms with van der Waals surface area (Å²) >= 11 is 6.48. The molecule has 7 N–H and O–H groups in total. The summed E-state index contributed by atoms with van der Waals surface area (Å²) in [6, 6.07) is 5.29. The Morgan fingerprint density at radius 3 is 2.37 bits per heavy atom. The van der Waals surface area contributed by atoms with Gasteiger partial charge in [-0.3, -0.25) is 0 Å². The van der Waals surface area contributed by atoms with E-state index < -0.39 is 85.1 Å². The van der Waals surface area contributed by atoms with Crippen molar-refractivity contribution in [2.45, 2.75) is 54.1 Å². The monoisotopic (exact) mass is 518 g/mol. The Hall–Kier alpha value is -2.00. The quantitative estimate of drug-likeness (QED) is 0.165. The Kier molecular flexibility index (Phi) is 7.57. The van der Waals surface area contributed by atoms with Gasteiger partial charge in [0.05, 0.1) is 31.0 Å². The van der Waals surface area contributed by atoms with Crippen LogP contribution in [0, 0.1) is 11.8 Å². The number of fused-ring (bicyclic) bond motifs is 1. The molecule has 13 heteroatoms. The van der Waals surface area contributed by atoms with Gasteiger partial charge in [-0.25, -0.2) is 4.79 Å². The number of rotatable bonds is 6. The lowest BCUT2D eigenvalue weighted by Crippen LogP contribution is -2.61. The van der Waals surface area contributed by atoms with E-state index in [0.717, 1.165) is 0 Å². The molecule has 194 valence electrons. The molecule has 1 aromatic rings. The van der Waals surface area contributed by atoms with Gasteiger partial charge >= 0.3 is 5.97 Å². The van der Waals surface area contributed by atoms with Crippen LogP contribution in [0.25, 0.3) is 0 Å². The summed E-state index contributed by atoms with van der Waals surface area (Å²) in [5.74, 6) is -2.76. The molecule has 11 atom stereocenters. The number of halogens is 1. The zero-order valence-electron chi connectivity index (χ0n) is 18.2. The Bertz CT molecular complexity index is 926. The van der Waals surface area contributed by atoms with Crippen molar-refractivity contribution < 1.29 is 59.5 Å². The lowest BCUT2D eigenvalue weighted by Gasteiger charge is -2.43. The lowest BCUT2D eigenvalue weighted by atomic mass is 9.84. The second-order valence-corrected chi connectivity index (χ2v) is 9.21. The van der Waals surface area contributed by atoms with Gasteiger partial charge in [0.2, 0.25) is 6.29 Å². The zero-order valence-corrected chi connectivity index (χ0v) is 19.0. The summed E-state index contributed by atoms with van der Waals surface area (Å²) in [6.07, 6.45) is -7.72. The number of benzene rings is 1. The molecule has 0 spiro atoms. The number of aromatic hydroxyl groups is 1. The third kappa shape index (κ3) is 4.61. The molecule has 4 rings (SSSR count). The summed E-state index contributed by atoms with van der Waals surface area (Å²) in [5, 5.41) is 69.1. The Labute approximate surface area is 204 Å². The molecule has 2 aliphatic heterocycles. The number of phenols is 1. The first-order valence-electron chi connectivity index (χ1n) is 10.9. The number of hydrogen-bond acceptors (Lipinski definition) is 12. The van der Waals surface area contributed by atoms with Gasteiger partial charge in [0, 0.05) is 5.92 Å². The lowest BCUT2D eigenvalue weighted by molar-refractivity contribution is -0.347. The number of aliphatic hydroxyl groups is 6. The molecule has 0 amide bonds. The maximum Gasteiger partial charge on any atom is 0.338 e. The maximum absolute atomic E-state index is 12.7. The predicted octanol–water partition coefficient (Wildman–Crippen LogP) is -1.82. The average Bonchev–Trinajstić information content (AvgIpc) is 3.07. The van der Waals surface area contributed by atoms with E-state index in [4.69, 9.17) is 30.5 Å². The largest absolute Gasteiger partial charge is 0.508 e. The molecule has 1 saturated carbocycles. The van der Waals surface area contributed by atoms with Crippen LogP contribution >= 0.6 is 11.6 Å². The highest BCUT2D eigenvalue weighted by Gasteiger charge is 2.65. The van der Waals surface area contributed by atoms with Crippen molar-refractivity contribution in [2.24, 2.45) is 11.8 Å². The number of ether oxygens (including phenoxy) is 4. The van der Waals surface area contributed by atoms with Gasteiger partial charge in [-0.1, -0.05) is 0 Å². The minimum Gasteiger partial charge on any atom is -0.508 e. The van der Waals surface area contributed by atoms with E-state index in [0.29, 0.717) is 0 Å². The van der Waals surface area contributed by atoms with E-state index in [2.05, 4.69) is 0 Å². The minimum atomic E-state index is -2.07. The first kappa shape index (κ1) is 26.1. The number of phenolic OH excluding ortho intramolecular Hbond substituents is 1. The van der Waals surface area contributed by atoms with Crippen molar-refractivity contribution in [3.8, 4) is 5.75 Å². The first-order chi connectivity index (χ1) is 16.6. The van der Waals surface area contributed by atoms with E-state index >= 15 is 0 Å². The molecule has 2 fully saturated rings. The summed E-state index contributed by atoms with van der Waals surface area (Å²) in [6.45, 7) is -1.54. The van der Waals surface area contributed by atoms with E-state index in [1.165, 1.54) is 36.6 Å². The smallest absolute Gasteiger partial charge is 0.338 e. The van der Waals surface area contributed by atoms with Gasteiger partial charge in [0.15, 0.2) is 6.29 Å². The molecule has 1 aromatic carbocycles. The topological polar surface area (TPSA) is 196 Å². The molecule has 0 radical (unpaired) electrons. The van der Waals surface area contributed by atoms with Crippen molar-refractivity contribution in [3.63, 3.8) is 0 Å². The maximum atomic E-state index is 12.7. The van der Waals surface area contributed by atoms with Crippen molar-refractivity contribution in [1.82, 2.24) is 0 Å². The zero-order chi connectivity index (χ0) is 25.5. The van der Waals surface area contributed by atoms with Crippen LogP contribution in [0.4, 0.5) is 0 Å². The van der Waals surface area contributed by atoms with Crippen LogP contribution in [0.3, 0.4) is 0 Å². The van der Waals surface area contributed by atoms with Crippen LogP contribution in [0.2, 0.25) is 0 Å². The van der Waals surface area contributed by atoms with E-state index in [9.17, 15) is 40.5 Å². The van der Waals surface area contributed by atoms with E-state index in [1.54, 1.807) is 0 Å². The van der Waals surface area contributed by atoms with Gasteiger partial charge in [-0.15, -0.1) is 11.6 Å². The Morgan fingerprint density at radius 2 is 1.74 bits per heavy atom. The van der Waals surface area contributed by atoms with Crippen molar-refractivity contribution >= 4 is 17.6 Å². The number of esters is 1. The van der Waals surface area contributed by atoms with Crippen LogP contribution in [0.15, 0.2) is 36.6 Å². The van der Waals surface area contributed by atoms with Crippen molar-refractivity contribution in [1.29, 1.82) is 0 Å². The van der Waals surface area contributed by atoms with Crippen LogP contribution in [-0.4, -0.2) is 109 Å². The Balaban J connectivity index is 1.57. The SMILES string of the molecule is O=C(OC1C2C=COC(OC3OC(CO)C(O)C(O)C3O)C2C(O)(CO)C1Cl)c1ccc(O)cc1. The highest BCUT2D eigenvalue weighted by molar-refractivity contribution is 6.22. The number of aliphatic hydroxyl groups excluding tert-OH is 5. The highest BCUT2D eigenvalue weighted by Crippen LogP contribution is 2.50. The molecule has 0 aromatic heterocycles. The number of alkyl halides is 1. The number of hydrogen-bond donors (Lipinski definition) is 7. The first-order valence-corrected chi connectivity index (χ1v) is 11.3. The molecular weight excluding hydrogens is 492 g/mol. The summed E-state index contributed by atoms with van der Waals surface area (Å²) in [5.41, 5.74) is -1.96. The van der Waals surface area contributed by atoms with Crippen LogP contribution < -0.4 is 0 Å². The average molecular weight is 519 g/mol. The Morgan fingerprint density at radius 1 is 1.06 bits per heavy atom. The fraction of sp³-hybridized carbons (Fsp3) is 0.591. The fourth-order valence-electron chi connectivity index (χ4n) is 4.69. The standard InChI is InChI=1S/C22H27ClO12/c23-18-17(34-19(30)9-1-3-10(26)4-2-9)11-5-6-32-20(13(11)22(18,31)8-25)35-21-16(29)15(28)14(27)12(7-24)33-21/h1-6,11-18,20-21,24-29,31H,7-8H2. The fourth-order valence-corrected chi connectivity index (χ4v) is 5.13. The number of carbonyl (C=O) groups excluding carboxylic acids is 1. The van der Waals surface area contributed by atoms with Gasteiger partial charge in [-0.2, -0.15) is 0 Å². The van der Waals surface area contributed by atoms with Crippen LogP contribution in [0.1, 0.15) is 10.4 Å². The highest BCUT2D eigenvalue weighted by atomic mass is 35.5. The third-order valence-electron chi connectivity index (χ3n) is 6.66. The summed E-state index contributed by atoms with van der Waals surface area (Å²) < 4.78 is 22.1. The predicted molar refractivity (Wildman–Crippen MR) is 115 cm³/mol. The van der Waals surface area contributed by atoms with Crippen LogP contribution in [-0.2, 0) is 18.9 Å². The molecule has 2 heterocycles. The molecule has 1 saturated heterocycles. The number of carbonyl (C=O) groups is 1. The molecule has 0 bridgehead atoms. The van der Waals surface area contributed by atoms with Gasteiger partial charge in [0.1, 0.15) is 47.2 Å².